The van der Waals surface area contributed by atoms with Gasteiger partial charge in [0.15, 0.2) is 0 Å². The Morgan fingerprint density at radius 3 is 2.17 bits per heavy atom. The molecule has 0 aliphatic heterocycles. The zero-order valence-electron chi connectivity index (χ0n) is 11.0. The van der Waals surface area contributed by atoms with Crippen LogP contribution in [0.1, 0.15) is 44.4 Å². The van der Waals surface area contributed by atoms with Gasteiger partial charge in [-0.25, -0.2) is 0 Å². The van der Waals surface area contributed by atoms with Gasteiger partial charge in [-0.3, -0.25) is 0 Å². The summed E-state index contributed by atoms with van der Waals surface area (Å²) in [7, 11) is -2.33. The smallest absolute Gasteiger partial charge is 0.327 e. The van der Waals surface area contributed by atoms with Crippen LogP contribution in [0, 0.1) is 0 Å². The Labute approximate surface area is 109 Å². The molecule has 0 aliphatic rings. The number of aliphatic hydroxyl groups is 1. The first-order valence-electron chi connectivity index (χ1n) is 5.90. The van der Waals surface area contributed by atoms with Crippen LogP contribution in [-0.4, -0.2) is 21.5 Å². The fourth-order valence-electron chi connectivity index (χ4n) is 1.62. The van der Waals surface area contributed by atoms with Gasteiger partial charge in [-0.15, -0.1) is 0 Å². The molecule has 0 fully saturated rings. The van der Waals surface area contributed by atoms with E-state index in [1.807, 2.05) is 24.3 Å². The minimum atomic E-state index is -2.33. The van der Waals surface area contributed by atoms with E-state index in [0.29, 0.717) is 6.42 Å². The molecule has 0 radical (unpaired) electrons. The molecular formula is C13H21O4P. The predicted molar refractivity (Wildman–Crippen MR) is 72.0 cm³/mol. The van der Waals surface area contributed by atoms with Crippen molar-refractivity contribution in [3.63, 3.8) is 0 Å². The Kier molecular flexibility index (Phi) is 5.70. The highest BCUT2D eigenvalue weighted by Gasteiger charge is 2.14. The second-order valence-corrected chi connectivity index (χ2v) is 6.03. The molecule has 5 heteroatoms. The second kappa shape index (κ2) is 6.60. The maximum atomic E-state index is 9.89. The zero-order chi connectivity index (χ0) is 13.8. The number of aliphatic hydroxyl groups excluding tert-OH is 1. The van der Waals surface area contributed by atoms with Crippen LogP contribution in [0.4, 0.5) is 0 Å². The summed E-state index contributed by atoms with van der Waals surface area (Å²) >= 11 is 0. The monoisotopic (exact) mass is 272 g/mol. The van der Waals surface area contributed by atoms with Crippen molar-refractivity contribution in [2.24, 2.45) is 0 Å². The van der Waals surface area contributed by atoms with Crippen LogP contribution >= 0.6 is 8.60 Å². The average molecular weight is 272 g/mol. The lowest BCUT2D eigenvalue weighted by atomic mass is 9.86. The first-order chi connectivity index (χ1) is 8.30. The van der Waals surface area contributed by atoms with E-state index in [0.717, 1.165) is 5.56 Å². The molecule has 1 unspecified atom stereocenters. The van der Waals surface area contributed by atoms with Gasteiger partial charge in [-0.2, -0.15) is 0 Å². The third-order valence-corrected chi connectivity index (χ3v) is 3.17. The van der Waals surface area contributed by atoms with Crippen LogP contribution < -0.4 is 0 Å². The lowest BCUT2D eigenvalue weighted by molar-refractivity contribution is 0.135. The van der Waals surface area contributed by atoms with Crippen LogP contribution in [0.15, 0.2) is 24.3 Å². The molecule has 0 amide bonds. The van der Waals surface area contributed by atoms with Gasteiger partial charge in [0.2, 0.25) is 0 Å². The molecule has 0 spiro atoms. The number of rotatable bonds is 5. The van der Waals surface area contributed by atoms with E-state index in [-0.39, 0.29) is 12.0 Å². The summed E-state index contributed by atoms with van der Waals surface area (Å²) in [4.78, 5) is 17.2. The minimum absolute atomic E-state index is 0.0935. The summed E-state index contributed by atoms with van der Waals surface area (Å²) in [5.41, 5.74) is 2.12. The molecule has 102 valence electrons. The molecule has 0 saturated carbocycles. The van der Waals surface area contributed by atoms with Crippen molar-refractivity contribution in [2.75, 3.05) is 6.61 Å². The number of benzene rings is 1. The van der Waals surface area contributed by atoms with E-state index in [1.54, 1.807) is 0 Å². The number of hydrogen-bond acceptors (Lipinski definition) is 4. The molecule has 1 aromatic carbocycles. The average Bonchev–Trinajstić information content (AvgIpc) is 2.27. The minimum Gasteiger partial charge on any atom is -0.388 e. The molecule has 0 aliphatic carbocycles. The van der Waals surface area contributed by atoms with E-state index in [4.69, 9.17) is 9.79 Å². The maximum absolute atomic E-state index is 9.89. The SMILES string of the molecule is CC(C)(C)c1ccc(C(O)CCOP(O)O)cc1. The molecule has 1 rings (SSSR count). The summed E-state index contributed by atoms with van der Waals surface area (Å²) in [6.45, 7) is 6.53. The molecule has 1 atom stereocenters. The van der Waals surface area contributed by atoms with Crippen molar-refractivity contribution in [3.8, 4) is 0 Å². The van der Waals surface area contributed by atoms with Gasteiger partial charge in [-0.05, 0) is 16.5 Å². The lowest BCUT2D eigenvalue weighted by Crippen LogP contribution is -2.11. The van der Waals surface area contributed by atoms with E-state index in [1.165, 1.54) is 5.56 Å². The highest BCUT2D eigenvalue weighted by atomic mass is 31.2. The largest absolute Gasteiger partial charge is 0.388 e. The highest BCUT2D eigenvalue weighted by molar-refractivity contribution is 7.39. The summed E-state index contributed by atoms with van der Waals surface area (Å²) in [6, 6.07) is 7.80. The molecule has 0 aromatic heterocycles. The van der Waals surface area contributed by atoms with Crippen LogP contribution in [0.5, 0.6) is 0 Å². The van der Waals surface area contributed by atoms with Crippen LogP contribution in [0.25, 0.3) is 0 Å². The topological polar surface area (TPSA) is 69.9 Å². The Morgan fingerprint density at radius 2 is 1.72 bits per heavy atom. The molecule has 18 heavy (non-hydrogen) atoms. The van der Waals surface area contributed by atoms with Gasteiger partial charge >= 0.3 is 8.60 Å². The summed E-state index contributed by atoms with van der Waals surface area (Å²) in [5, 5.41) is 9.89. The van der Waals surface area contributed by atoms with Crippen molar-refractivity contribution in [3.05, 3.63) is 35.4 Å². The molecule has 4 nitrogen and oxygen atoms in total. The van der Waals surface area contributed by atoms with Crippen molar-refractivity contribution in [1.82, 2.24) is 0 Å². The second-order valence-electron chi connectivity index (χ2n) is 5.26. The fourth-order valence-corrected chi connectivity index (χ4v) is 1.89. The molecule has 0 saturated heterocycles. The molecule has 0 heterocycles. The van der Waals surface area contributed by atoms with E-state index >= 15 is 0 Å². The lowest BCUT2D eigenvalue weighted by Gasteiger charge is -2.20. The Morgan fingerprint density at radius 1 is 1.17 bits per heavy atom. The van der Waals surface area contributed by atoms with Crippen molar-refractivity contribution in [2.45, 2.75) is 38.7 Å². The van der Waals surface area contributed by atoms with Gasteiger partial charge in [0, 0.05) is 6.42 Å². The van der Waals surface area contributed by atoms with Crippen molar-refractivity contribution in [1.29, 1.82) is 0 Å². The van der Waals surface area contributed by atoms with Crippen molar-refractivity contribution < 1.29 is 19.4 Å². The third kappa shape index (κ3) is 5.01. The summed E-state index contributed by atoms with van der Waals surface area (Å²) < 4.78 is 4.63. The molecular weight excluding hydrogens is 251 g/mol. The summed E-state index contributed by atoms with van der Waals surface area (Å²) in [5.74, 6) is 0. The normalized spacial score (nSPS) is 13.9. The van der Waals surface area contributed by atoms with E-state index in [9.17, 15) is 5.11 Å². The molecule has 1 aromatic rings. The Balaban J connectivity index is 2.56. The van der Waals surface area contributed by atoms with Gasteiger partial charge in [-0.1, -0.05) is 45.0 Å². The van der Waals surface area contributed by atoms with Gasteiger partial charge in [0.25, 0.3) is 0 Å². The fraction of sp³-hybridized carbons (Fsp3) is 0.538. The molecule has 3 N–H and O–H groups in total. The Hall–Kier alpha value is -0.510. The zero-order valence-corrected chi connectivity index (χ0v) is 11.9. The van der Waals surface area contributed by atoms with Gasteiger partial charge < -0.3 is 19.4 Å². The Bertz CT molecular complexity index is 356. The third-order valence-electron chi connectivity index (χ3n) is 2.76. The quantitative estimate of drug-likeness (QED) is 0.721. The first kappa shape index (κ1) is 15.5. The van der Waals surface area contributed by atoms with Crippen molar-refractivity contribution >= 4 is 8.60 Å². The standard InChI is InChI=1S/C13H21O4P/c1-13(2,3)11-6-4-10(5-7-11)12(14)8-9-17-18(15)16/h4-7,12,14-16H,8-9H2,1-3H3. The molecule has 0 bridgehead atoms. The van der Waals surface area contributed by atoms with Crippen LogP contribution in [0.3, 0.4) is 0 Å². The predicted octanol–water partition coefficient (Wildman–Crippen LogP) is 2.64. The number of hydrogen-bond donors (Lipinski definition) is 3. The van der Waals surface area contributed by atoms with E-state index < -0.39 is 14.7 Å². The van der Waals surface area contributed by atoms with E-state index in [2.05, 4.69) is 25.3 Å². The first-order valence-corrected chi connectivity index (χ1v) is 7.06. The summed E-state index contributed by atoms with van der Waals surface area (Å²) in [6.07, 6.45) is -0.302. The highest BCUT2D eigenvalue weighted by Crippen LogP contribution is 2.27. The van der Waals surface area contributed by atoms with Crippen LogP contribution in [0.2, 0.25) is 0 Å². The van der Waals surface area contributed by atoms with Crippen LogP contribution in [-0.2, 0) is 9.94 Å². The van der Waals surface area contributed by atoms with Gasteiger partial charge in [0.1, 0.15) is 0 Å². The maximum Gasteiger partial charge on any atom is 0.327 e. The van der Waals surface area contributed by atoms with Gasteiger partial charge in [0.05, 0.1) is 12.7 Å².